The van der Waals surface area contributed by atoms with Crippen LogP contribution in [0.5, 0.6) is 0 Å². The van der Waals surface area contributed by atoms with Gasteiger partial charge in [0.25, 0.3) is 0 Å². The Labute approximate surface area is 144 Å². The normalized spacial score (nSPS) is 16.3. The van der Waals surface area contributed by atoms with Crippen molar-refractivity contribution in [1.82, 2.24) is 24.8 Å². The molecule has 0 bridgehead atoms. The third kappa shape index (κ3) is 3.39. The lowest BCUT2D eigenvalue weighted by Gasteiger charge is -2.23. The quantitative estimate of drug-likeness (QED) is 0.755. The second kappa shape index (κ2) is 6.64. The summed E-state index contributed by atoms with van der Waals surface area (Å²) in [5, 5.41) is 0. The Kier molecular flexibility index (Phi) is 4.19. The number of rotatable bonds is 3. The van der Waals surface area contributed by atoms with E-state index in [1.807, 2.05) is 6.07 Å². The number of H-pyrrole nitrogens is 1. The number of halogens is 1. The summed E-state index contributed by atoms with van der Waals surface area (Å²) >= 11 is 0. The van der Waals surface area contributed by atoms with Gasteiger partial charge in [-0.05, 0) is 24.1 Å². The van der Waals surface area contributed by atoms with Crippen LogP contribution in [0.3, 0.4) is 0 Å². The minimum Gasteiger partial charge on any atom is -0.368 e. The van der Waals surface area contributed by atoms with E-state index >= 15 is 0 Å². The van der Waals surface area contributed by atoms with E-state index in [2.05, 4.69) is 29.7 Å². The molecule has 7 nitrogen and oxygen atoms in total. The molecule has 3 aromatic rings. The summed E-state index contributed by atoms with van der Waals surface area (Å²) in [6.07, 6.45) is 2.60. The molecule has 0 spiro atoms. The lowest BCUT2D eigenvalue weighted by Crippen LogP contribution is -2.31. The second-order valence-electron chi connectivity index (χ2n) is 6.25. The van der Waals surface area contributed by atoms with E-state index in [1.54, 1.807) is 18.5 Å². The molecule has 1 aliphatic heterocycles. The number of nitrogen functional groups attached to an aromatic ring is 1. The summed E-state index contributed by atoms with van der Waals surface area (Å²) in [4.78, 5) is 20.4. The lowest BCUT2D eigenvalue weighted by atomic mass is 10.2. The summed E-state index contributed by atoms with van der Waals surface area (Å²) in [7, 11) is 0. The molecule has 130 valence electrons. The maximum Gasteiger partial charge on any atom is 0.224 e. The van der Waals surface area contributed by atoms with Crippen molar-refractivity contribution in [2.24, 2.45) is 0 Å². The molecule has 1 aromatic carbocycles. The first kappa shape index (κ1) is 15.8. The molecule has 0 amide bonds. The molecule has 25 heavy (non-hydrogen) atoms. The molecule has 3 N–H and O–H groups in total. The Balaban J connectivity index is 1.50. The van der Waals surface area contributed by atoms with Crippen LogP contribution in [-0.2, 0) is 6.54 Å². The van der Waals surface area contributed by atoms with Crippen molar-refractivity contribution >= 4 is 22.9 Å². The smallest absolute Gasteiger partial charge is 0.224 e. The molecule has 0 radical (unpaired) electrons. The SMILES string of the molecule is Nc1nc(N2CCCN(Cc3cccc(F)c3)CC2)c2[nH]cnc2n1. The Hall–Kier alpha value is -2.74. The molecule has 1 fully saturated rings. The van der Waals surface area contributed by atoms with Crippen LogP contribution in [0.25, 0.3) is 11.2 Å². The summed E-state index contributed by atoms with van der Waals surface area (Å²) in [6.45, 7) is 4.27. The molecule has 0 atom stereocenters. The van der Waals surface area contributed by atoms with E-state index in [9.17, 15) is 4.39 Å². The minimum absolute atomic E-state index is 0.188. The highest BCUT2D eigenvalue weighted by Crippen LogP contribution is 2.23. The summed E-state index contributed by atoms with van der Waals surface area (Å²) in [5.41, 5.74) is 8.22. The number of aromatic amines is 1. The van der Waals surface area contributed by atoms with Gasteiger partial charge in [-0.2, -0.15) is 9.97 Å². The zero-order valence-corrected chi connectivity index (χ0v) is 13.8. The maximum absolute atomic E-state index is 13.4. The zero-order chi connectivity index (χ0) is 17.2. The number of fused-ring (bicyclic) bond motifs is 1. The number of nitrogens with two attached hydrogens (primary N) is 1. The Morgan fingerprint density at radius 3 is 2.96 bits per heavy atom. The van der Waals surface area contributed by atoms with Gasteiger partial charge in [0.15, 0.2) is 11.5 Å². The van der Waals surface area contributed by atoms with E-state index in [1.165, 1.54) is 6.07 Å². The van der Waals surface area contributed by atoms with Crippen molar-refractivity contribution in [3.8, 4) is 0 Å². The van der Waals surface area contributed by atoms with Crippen LogP contribution < -0.4 is 10.6 Å². The Bertz CT molecular complexity index is 878. The topological polar surface area (TPSA) is 87.0 Å². The van der Waals surface area contributed by atoms with Gasteiger partial charge in [0.05, 0.1) is 6.33 Å². The fourth-order valence-corrected chi connectivity index (χ4v) is 3.30. The second-order valence-corrected chi connectivity index (χ2v) is 6.25. The fourth-order valence-electron chi connectivity index (χ4n) is 3.30. The zero-order valence-electron chi connectivity index (χ0n) is 13.8. The molecule has 1 aliphatic rings. The molecular formula is C17H20FN7. The van der Waals surface area contributed by atoms with Crippen molar-refractivity contribution in [2.75, 3.05) is 36.8 Å². The van der Waals surface area contributed by atoms with Crippen LogP contribution >= 0.6 is 0 Å². The van der Waals surface area contributed by atoms with E-state index in [0.29, 0.717) is 5.65 Å². The van der Waals surface area contributed by atoms with Crippen LogP contribution in [0.4, 0.5) is 16.2 Å². The average molecular weight is 341 g/mol. The largest absolute Gasteiger partial charge is 0.368 e. The number of benzene rings is 1. The van der Waals surface area contributed by atoms with Gasteiger partial charge in [0, 0.05) is 32.7 Å². The van der Waals surface area contributed by atoms with Gasteiger partial charge in [-0.25, -0.2) is 9.37 Å². The van der Waals surface area contributed by atoms with Crippen molar-refractivity contribution < 1.29 is 4.39 Å². The van der Waals surface area contributed by atoms with E-state index < -0.39 is 0 Å². The fraction of sp³-hybridized carbons (Fsp3) is 0.353. The number of aromatic nitrogens is 4. The molecular weight excluding hydrogens is 321 g/mol. The molecule has 3 heterocycles. The number of nitrogens with zero attached hydrogens (tertiary/aromatic N) is 5. The maximum atomic E-state index is 13.4. The van der Waals surface area contributed by atoms with Crippen LogP contribution in [0, 0.1) is 5.82 Å². The van der Waals surface area contributed by atoms with Crippen LogP contribution in [0.15, 0.2) is 30.6 Å². The number of nitrogens with one attached hydrogen (secondary N) is 1. The van der Waals surface area contributed by atoms with Gasteiger partial charge in [-0.3, -0.25) is 4.90 Å². The van der Waals surface area contributed by atoms with Crippen LogP contribution in [-0.4, -0.2) is 51.0 Å². The third-order valence-corrected chi connectivity index (χ3v) is 4.47. The van der Waals surface area contributed by atoms with Crippen molar-refractivity contribution in [2.45, 2.75) is 13.0 Å². The molecule has 0 aliphatic carbocycles. The summed E-state index contributed by atoms with van der Waals surface area (Å²) in [6, 6.07) is 6.79. The minimum atomic E-state index is -0.188. The molecule has 0 unspecified atom stereocenters. The first-order chi connectivity index (χ1) is 12.2. The number of hydrogen-bond acceptors (Lipinski definition) is 6. The molecule has 4 rings (SSSR count). The predicted octanol–water partition coefficient (Wildman–Crippen LogP) is 1.79. The summed E-state index contributed by atoms with van der Waals surface area (Å²) < 4.78 is 13.4. The van der Waals surface area contributed by atoms with Crippen LogP contribution in [0.1, 0.15) is 12.0 Å². The predicted molar refractivity (Wildman–Crippen MR) is 94.6 cm³/mol. The third-order valence-electron chi connectivity index (χ3n) is 4.47. The van der Waals surface area contributed by atoms with Crippen molar-refractivity contribution in [3.63, 3.8) is 0 Å². The van der Waals surface area contributed by atoms with Gasteiger partial charge >= 0.3 is 0 Å². The van der Waals surface area contributed by atoms with Crippen molar-refractivity contribution in [1.29, 1.82) is 0 Å². The first-order valence-electron chi connectivity index (χ1n) is 8.37. The Morgan fingerprint density at radius 2 is 2.08 bits per heavy atom. The molecule has 8 heteroatoms. The Morgan fingerprint density at radius 1 is 1.16 bits per heavy atom. The number of hydrogen-bond donors (Lipinski definition) is 2. The van der Waals surface area contributed by atoms with E-state index in [-0.39, 0.29) is 11.8 Å². The summed E-state index contributed by atoms with van der Waals surface area (Å²) in [5.74, 6) is 0.843. The molecule has 1 saturated heterocycles. The molecule has 2 aromatic heterocycles. The highest BCUT2D eigenvalue weighted by atomic mass is 19.1. The van der Waals surface area contributed by atoms with Gasteiger partial charge in [0.2, 0.25) is 5.95 Å². The van der Waals surface area contributed by atoms with Gasteiger partial charge in [-0.1, -0.05) is 12.1 Å². The highest BCUT2D eigenvalue weighted by molar-refractivity contribution is 5.84. The lowest BCUT2D eigenvalue weighted by molar-refractivity contribution is 0.285. The first-order valence-corrected chi connectivity index (χ1v) is 8.37. The van der Waals surface area contributed by atoms with Gasteiger partial charge in [0.1, 0.15) is 11.3 Å². The number of anilines is 2. The van der Waals surface area contributed by atoms with Crippen LogP contribution in [0.2, 0.25) is 0 Å². The highest BCUT2D eigenvalue weighted by Gasteiger charge is 2.20. The monoisotopic (exact) mass is 341 g/mol. The van der Waals surface area contributed by atoms with E-state index in [4.69, 9.17) is 5.73 Å². The standard InChI is InChI=1S/C17H20FN7/c18-13-4-1-3-12(9-13)10-24-5-2-6-25(8-7-24)16-14-15(21-11-20-14)22-17(19)23-16/h1,3-4,9,11H,2,5-8,10H2,(H3,19,20,21,22,23). The average Bonchev–Trinajstić information content (AvgIpc) is 2.93. The van der Waals surface area contributed by atoms with E-state index in [0.717, 1.165) is 56.0 Å². The number of imidazole rings is 1. The van der Waals surface area contributed by atoms with Gasteiger partial charge in [-0.15, -0.1) is 0 Å². The van der Waals surface area contributed by atoms with Gasteiger partial charge < -0.3 is 15.6 Å². The molecule has 0 saturated carbocycles. The van der Waals surface area contributed by atoms with Crippen molar-refractivity contribution in [3.05, 3.63) is 42.0 Å².